The lowest BCUT2D eigenvalue weighted by molar-refractivity contribution is 0.410. The van der Waals surface area contributed by atoms with E-state index < -0.39 is 0 Å². The second kappa shape index (κ2) is 5.08. The molecule has 4 heteroatoms. The summed E-state index contributed by atoms with van der Waals surface area (Å²) in [5.74, 6) is 0.713. The van der Waals surface area contributed by atoms with Crippen LogP contribution in [0.1, 0.15) is 5.56 Å². The van der Waals surface area contributed by atoms with E-state index in [1.165, 1.54) is 0 Å². The number of halogens is 3. The van der Waals surface area contributed by atoms with E-state index >= 15 is 0 Å². The first-order chi connectivity index (χ1) is 6.19. The lowest BCUT2D eigenvalue weighted by atomic mass is 10.1. The summed E-state index contributed by atoms with van der Waals surface area (Å²) in [7, 11) is 1.60. The summed E-state index contributed by atoms with van der Waals surface area (Å²) in [6.45, 7) is 0. The summed E-state index contributed by atoms with van der Waals surface area (Å²) in [6, 6.07) is 3.55. The molecular formula is C9H9BrCl2O. The molecule has 0 radical (unpaired) electrons. The van der Waals surface area contributed by atoms with E-state index in [4.69, 9.17) is 27.9 Å². The van der Waals surface area contributed by atoms with Crippen LogP contribution >= 0.6 is 39.1 Å². The van der Waals surface area contributed by atoms with Crippen LogP contribution in [0.4, 0.5) is 0 Å². The molecule has 0 aliphatic heterocycles. The maximum absolute atomic E-state index is 5.95. The first kappa shape index (κ1) is 11.2. The van der Waals surface area contributed by atoms with E-state index in [0.717, 1.165) is 17.3 Å². The minimum atomic E-state index is 0.561. The van der Waals surface area contributed by atoms with E-state index in [1.807, 2.05) is 6.07 Å². The smallest absolute Gasteiger partial charge is 0.140 e. The standard InChI is InChI=1S/C9H9BrCl2O/c1-13-9-6(2-3-10)4-7(11)5-8(9)12/h4-5H,2-3H2,1H3. The van der Waals surface area contributed by atoms with Crippen molar-refractivity contribution in [2.75, 3.05) is 12.4 Å². The molecular weight excluding hydrogens is 275 g/mol. The fourth-order valence-electron chi connectivity index (χ4n) is 1.13. The number of aryl methyl sites for hydroxylation is 1. The summed E-state index contributed by atoms with van der Waals surface area (Å²) < 4.78 is 5.17. The predicted octanol–water partition coefficient (Wildman–Crippen LogP) is 3.94. The van der Waals surface area contributed by atoms with Gasteiger partial charge >= 0.3 is 0 Å². The molecule has 1 rings (SSSR count). The van der Waals surface area contributed by atoms with Gasteiger partial charge in [-0.15, -0.1) is 0 Å². The van der Waals surface area contributed by atoms with Gasteiger partial charge < -0.3 is 4.74 Å². The molecule has 1 nitrogen and oxygen atoms in total. The fourth-order valence-corrected chi connectivity index (χ4v) is 2.17. The van der Waals surface area contributed by atoms with Crippen LogP contribution in [-0.2, 0) is 6.42 Å². The highest BCUT2D eigenvalue weighted by Gasteiger charge is 2.08. The normalized spacial score (nSPS) is 10.2. The molecule has 0 spiro atoms. The van der Waals surface area contributed by atoms with Crippen molar-refractivity contribution in [2.24, 2.45) is 0 Å². The lowest BCUT2D eigenvalue weighted by Crippen LogP contribution is -1.94. The van der Waals surface area contributed by atoms with Gasteiger partial charge in [-0.2, -0.15) is 0 Å². The average molecular weight is 284 g/mol. The van der Waals surface area contributed by atoms with Crippen molar-refractivity contribution in [1.29, 1.82) is 0 Å². The van der Waals surface area contributed by atoms with Crippen molar-refractivity contribution in [3.05, 3.63) is 27.7 Å². The van der Waals surface area contributed by atoms with E-state index in [-0.39, 0.29) is 0 Å². The zero-order chi connectivity index (χ0) is 9.84. The molecule has 1 aromatic rings. The number of ether oxygens (including phenoxy) is 1. The average Bonchev–Trinajstić information content (AvgIpc) is 2.04. The van der Waals surface area contributed by atoms with Crippen LogP contribution in [0, 0.1) is 0 Å². The molecule has 0 saturated carbocycles. The van der Waals surface area contributed by atoms with Crippen LogP contribution in [0.5, 0.6) is 5.75 Å². The summed E-state index contributed by atoms with van der Waals surface area (Å²) in [4.78, 5) is 0. The molecule has 0 aliphatic carbocycles. The van der Waals surface area contributed by atoms with Gasteiger partial charge in [-0.3, -0.25) is 0 Å². The second-order valence-corrected chi connectivity index (χ2v) is 4.16. The van der Waals surface area contributed by atoms with Gasteiger partial charge in [0, 0.05) is 10.4 Å². The topological polar surface area (TPSA) is 9.23 Å². The molecule has 0 atom stereocenters. The van der Waals surface area contributed by atoms with Gasteiger partial charge in [0.25, 0.3) is 0 Å². The van der Waals surface area contributed by atoms with Crippen molar-refractivity contribution in [1.82, 2.24) is 0 Å². The Labute approximate surface area is 96.1 Å². The number of hydrogen-bond donors (Lipinski definition) is 0. The Kier molecular flexibility index (Phi) is 4.36. The van der Waals surface area contributed by atoms with Gasteiger partial charge in [0.1, 0.15) is 5.75 Å². The fraction of sp³-hybridized carbons (Fsp3) is 0.333. The molecule has 0 saturated heterocycles. The van der Waals surface area contributed by atoms with Crippen LogP contribution in [0.3, 0.4) is 0 Å². The van der Waals surface area contributed by atoms with Crippen molar-refractivity contribution < 1.29 is 4.74 Å². The van der Waals surface area contributed by atoms with Gasteiger partial charge in [0.15, 0.2) is 0 Å². The summed E-state index contributed by atoms with van der Waals surface area (Å²) in [5, 5.41) is 2.06. The number of hydrogen-bond acceptors (Lipinski definition) is 1. The van der Waals surface area contributed by atoms with Crippen molar-refractivity contribution in [3.63, 3.8) is 0 Å². The Bertz CT molecular complexity index is 302. The van der Waals surface area contributed by atoms with E-state index in [0.29, 0.717) is 15.8 Å². The van der Waals surface area contributed by atoms with Crippen molar-refractivity contribution in [3.8, 4) is 5.75 Å². The second-order valence-electron chi connectivity index (χ2n) is 2.52. The van der Waals surface area contributed by atoms with E-state index in [9.17, 15) is 0 Å². The Morgan fingerprint density at radius 3 is 2.62 bits per heavy atom. The van der Waals surface area contributed by atoms with Crippen molar-refractivity contribution >= 4 is 39.1 Å². The quantitative estimate of drug-likeness (QED) is 0.764. The summed E-state index contributed by atoms with van der Waals surface area (Å²) in [5.41, 5.74) is 1.02. The number of rotatable bonds is 3. The molecule has 13 heavy (non-hydrogen) atoms. The summed E-state index contributed by atoms with van der Waals surface area (Å²) in [6.07, 6.45) is 0.851. The molecule has 0 aromatic heterocycles. The maximum Gasteiger partial charge on any atom is 0.140 e. The largest absolute Gasteiger partial charge is 0.495 e. The summed E-state index contributed by atoms with van der Waals surface area (Å²) >= 11 is 15.2. The Morgan fingerprint density at radius 2 is 2.08 bits per heavy atom. The highest BCUT2D eigenvalue weighted by molar-refractivity contribution is 9.09. The first-order valence-corrected chi connectivity index (χ1v) is 5.64. The van der Waals surface area contributed by atoms with Crippen LogP contribution in [0.15, 0.2) is 12.1 Å². The van der Waals surface area contributed by atoms with Crippen LogP contribution < -0.4 is 4.74 Å². The van der Waals surface area contributed by atoms with Gasteiger partial charge in [-0.1, -0.05) is 39.1 Å². The molecule has 72 valence electrons. The highest BCUT2D eigenvalue weighted by Crippen LogP contribution is 2.32. The number of methoxy groups -OCH3 is 1. The lowest BCUT2D eigenvalue weighted by Gasteiger charge is -2.09. The molecule has 1 aromatic carbocycles. The minimum Gasteiger partial charge on any atom is -0.495 e. The molecule has 0 aliphatic rings. The van der Waals surface area contributed by atoms with Gasteiger partial charge in [0.2, 0.25) is 0 Å². The first-order valence-electron chi connectivity index (χ1n) is 3.77. The van der Waals surface area contributed by atoms with Crippen LogP contribution in [-0.4, -0.2) is 12.4 Å². The third-order valence-electron chi connectivity index (χ3n) is 1.65. The molecule has 0 fully saturated rings. The van der Waals surface area contributed by atoms with Crippen LogP contribution in [0.2, 0.25) is 10.0 Å². The highest BCUT2D eigenvalue weighted by atomic mass is 79.9. The SMILES string of the molecule is COc1c(Cl)cc(Cl)cc1CCBr. The Hall–Kier alpha value is 0.0800. The molecule has 0 amide bonds. The molecule has 0 bridgehead atoms. The third-order valence-corrected chi connectivity index (χ3v) is 2.55. The number of alkyl halides is 1. The molecule has 0 unspecified atom stereocenters. The number of benzene rings is 1. The van der Waals surface area contributed by atoms with Gasteiger partial charge in [-0.05, 0) is 24.1 Å². The van der Waals surface area contributed by atoms with E-state index in [1.54, 1.807) is 13.2 Å². The van der Waals surface area contributed by atoms with Crippen LogP contribution in [0.25, 0.3) is 0 Å². The predicted molar refractivity (Wildman–Crippen MR) is 60.5 cm³/mol. The minimum absolute atomic E-state index is 0.561. The molecule has 0 N–H and O–H groups in total. The maximum atomic E-state index is 5.95. The van der Waals surface area contributed by atoms with Gasteiger partial charge in [0.05, 0.1) is 12.1 Å². The van der Waals surface area contributed by atoms with Crippen molar-refractivity contribution in [2.45, 2.75) is 6.42 Å². The Balaban J connectivity index is 3.13. The zero-order valence-electron chi connectivity index (χ0n) is 7.11. The third kappa shape index (κ3) is 2.76. The molecule has 0 heterocycles. The van der Waals surface area contributed by atoms with Gasteiger partial charge in [-0.25, -0.2) is 0 Å². The monoisotopic (exact) mass is 282 g/mol. The zero-order valence-corrected chi connectivity index (χ0v) is 10.2. The van der Waals surface area contributed by atoms with E-state index in [2.05, 4.69) is 15.9 Å². The Morgan fingerprint density at radius 1 is 1.38 bits per heavy atom.